The molecule has 1 heterocycles. The lowest BCUT2D eigenvalue weighted by Gasteiger charge is -2.39. The second-order valence-electron chi connectivity index (χ2n) is 11.7. The zero-order valence-electron chi connectivity index (χ0n) is 25.0. The highest BCUT2D eigenvalue weighted by atomic mass is 35.5. The first kappa shape index (κ1) is 31.9. The lowest BCUT2D eigenvalue weighted by molar-refractivity contribution is -0.137. The van der Waals surface area contributed by atoms with Gasteiger partial charge in [0.05, 0.1) is 10.5 Å². The third kappa shape index (κ3) is 7.13. The molecular formula is C32H40ClN5O5. The molecule has 11 heteroatoms. The second kappa shape index (κ2) is 13.5. The van der Waals surface area contributed by atoms with Gasteiger partial charge in [-0.15, -0.1) is 0 Å². The van der Waals surface area contributed by atoms with E-state index in [2.05, 4.69) is 20.9 Å². The highest BCUT2D eigenvalue weighted by molar-refractivity contribution is 6.35. The summed E-state index contributed by atoms with van der Waals surface area (Å²) >= 11 is 6.46. The van der Waals surface area contributed by atoms with E-state index in [0.29, 0.717) is 17.9 Å². The van der Waals surface area contributed by atoms with Crippen molar-refractivity contribution in [3.8, 4) is 0 Å². The third-order valence-electron chi connectivity index (χ3n) is 8.30. The van der Waals surface area contributed by atoms with Gasteiger partial charge in [0.1, 0.15) is 24.2 Å². The van der Waals surface area contributed by atoms with E-state index in [1.807, 2.05) is 56.3 Å². The first-order valence-electron chi connectivity index (χ1n) is 14.6. The molecule has 0 unspecified atom stereocenters. The Morgan fingerprint density at radius 3 is 2.40 bits per heavy atom. The molecule has 1 aliphatic carbocycles. The number of aromatic amines is 1. The van der Waals surface area contributed by atoms with Crippen molar-refractivity contribution in [2.24, 2.45) is 17.6 Å². The van der Waals surface area contributed by atoms with Gasteiger partial charge in [0, 0.05) is 17.5 Å². The fraction of sp³-hybridized carbons (Fsp3) is 0.438. The van der Waals surface area contributed by atoms with Crippen molar-refractivity contribution in [3.05, 3.63) is 70.4 Å². The number of H-pyrrole nitrogens is 1. The lowest BCUT2D eigenvalue weighted by Crippen LogP contribution is -2.67. The maximum atomic E-state index is 14.1. The minimum atomic E-state index is -1.43. The smallest absolute Gasteiger partial charge is 0.408 e. The van der Waals surface area contributed by atoms with Crippen LogP contribution in [0.15, 0.2) is 48.5 Å². The van der Waals surface area contributed by atoms with Gasteiger partial charge in [0.15, 0.2) is 0 Å². The predicted octanol–water partition coefficient (Wildman–Crippen LogP) is 4.13. The first-order valence-corrected chi connectivity index (χ1v) is 15.0. The highest BCUT2D eigenvalue weighted by Gasteiger charge is 2.46. The molecule has 0 saturated carbocycles. The van der Waals surface area contributed by atoms with Crippen LogP contribution in [0.25, 0.3) is 10.9 Å². The van der Waals surface area contributed by atoms with Gasteiger partial charge in [-0.2, -0.15) is 0 Å². The Labute approximate surface area is 256 Å². The Morgan fingerprint density at radius 1 is 1.02 bits per heavy atom. The molecule has 3 aromatic rings. The van der Waals surface area contributed by atoms with Crippen molar-refractivity contribution in [3.63, 3.8) is 0 Å². The van der Waals surface area contributed by atoms with Crippen molar-refractivity contribution < 1.29 is 23.9 Å². The van der Waals surface area contributed by atoms with E-state index >= 15 is 0 Å². The number of carbonyl (C=O) groups is 4. The fourth-order valence-electron chi connectivity index (χ4n) is 5.55. The van der Waals surface area contributed by atoms with E-state index in [4.69, 9.17) is 22.1 Å². The third-order valence-corrected chi connectivity index (χ3v) is 8.61. The van der Waals surface area contributed by atoms with E-state index in [1.54, 1.807) is 19.9 Å². The van der Waals surface area contributed by atoms with Crippen molar-refractivity contribution in [1.29, 1.82) is 0 Å². The van der Waals surface area contributed by atoms with Crippen LogP contribution in [-0.2, 0) is 38.6 Å². The number of halogens is 1. The SMILES string of the molecule is CC[C@H](C)[C@H](NC(=O)OCc1ccccc1)C(=O)N[C@@]1(C(=O)N[C@H](C(N)=O)C(C)C)CCc2[nH]c3c(Cl)cccc3c2C1. The standard InChI is InChI=1S/C32H40ClN5O5/c1-5-19(4)26(37-31(42)43-17-20-10-7-6-8-11-20)29(40)38-32(30(41)36-25(18(2)3)28(34)39)15-14-24-22(16-32)21-12-9-13-23(33)27(21)35-24/h6-13,18-19,25-26,35H,5,14-17H2,1-4H3,(H2,34,39)(H,36,41)(H,37,42)(H,38,40)/t19-,25-,26-,32-/m0/s1. The van der Waals surface area contributed by atoms with Crippen molar-refractivity contribution in [2.45, 2.75) is 77.6 Å². The molecule has 0 spiro atoms. The summed E-state index contributed by atoms with van der Waals surface area (Å²) in [5, 5.41) is 9.91. The summed E-state index contributed by atoms with van der Waals surface area (Å²) < 4.78 is 5.39. The Morgan fingerprint density at radius 2 is 1.74 bits per heavy atom. The molecule has 10 nitrogen and oxygen atoms in total. The van der Waals surface area contributed by atoms with Crippen LogP contribution in [-0.4, -0.2) is 46.4 Å². The van der Waals surface area contributed by atoms with Crippen LogP contribution in [0.4, 0.5) is 4.79 Å². The van der Waals surface area contributed by atoms with E-state index in [1.165, 1.54) is 0 Å². The van der Waals surface area contributed by atoms with Gasteiger partial charge in [0.2, 0.25) is 17.7 Å². The number of nitrogens with one attached hydrogen (secondary N) is 4. The summed E-state index contributed by atoms with van der Waals surface area (Å²) in [5.41, 5.74) is 7.55. The summed E-state index contributed by atoms with van der Waals surface area (Å²) in [7, 11) is 0. The van der Waals surface area contributed by atoms with Crippen molar-refractivity contribution in [2.75, 3.05) is 0 Å². The number of benzene rings is 2. The molecule has 4 atom stereocenters. The molecule has 0 bridgehead atoms. The Hall–Kier alpha value is -4.05. The maximum Gasteiger partial charge on any atom is 0.408 e. The molecule has 1 aromatic heterocycles. The topological polar surface area (TPSA) is 155 Å². The van der Waals surface area contributed by atoms with Gasteiger partial charge in [-0.3, -0.25) is 14.4 Å². The molecule has 230 valence electrons. The number of alkyl carbamates (subject to hydrolysis) is 1. The van der Waals surface area contributed by atoms with Crippen LogP contribution < -0.4 is 21.7 Å². The molecular weight excluding hydrogens is 570 g/mol. The number of nitrogens with two attached hydrogens (primary N) is 1. The molecule has 43 heavy (non-hydrogen) atoms. The zero-order chi connectivity index (χ0) is 31.3. The molecule has 2 aromatic carbocycles. The number of fused-ring (bicyclic) bond motifs is 3. The lowest BCUT2D eigenvalue weighted by atomic mass is 9.78. The van der Waals surface area contributed by atoms with Crippen LogP contribution in [0.2, 0.25) is 5.02 Å². The molecule has 0 radical (unpaired) electrons. The minimum absolute atomic E-state index is 0.0451. The number of hydrogen-bond acceptors (Lipinski definition) is 5. The molecule has 0 fully saturated rings. The van der Waals surface area contributed by atoms with Crippen LogP contribution in [0.1, 0.15) is 57.4 Å². The van der Waals surface area contributed by atoms with E-state index in [0.717, 1.165) is 27.7 Å². The second-order valence-corrected chi connectivity index (χ2v) is 12.1. The monoisotopic (exact) mass is 609 g/mol. The molecule has 4 rings (SSSR count). The summed E-state index contributed by atoms with van der Waals surface area (Å²) in [6.07, 6.45) is 0.677. The number of rotatable bonds is 11. The quantitative estimate of drug-likeness (QED) is 0.221. The van der Waals surface area contributed by atoms with Crippen LogP contribution >= 0.6 is 11.6 Å². The van der Waals surface area contributed by atoms with Crippen molar-refractivity contribution >= 4 is 46.3 Å². The number of aryl methyl sites for hydroxylation is 1. The predicted molar refractivity (Wildman–Crippen MR) is 165 cm³/mol. The molecule has 0 aliphatic heterocycles. The number of aromatic nitrogens is 1. The average Bonchev–Trinajstić information content (AvgIpc) is 3.36. The number of amides is 4. The minimum Gasteiger partial charge on any atom is -0.445 e. The van der Waals surface area contributed by atoms with Gasteiger partial charge in [0.25, 0.3) is 0 Å². The Balaban J connectivity index is 1.63. The van der Waals surface area contributed by atoms with Gasteiger partial charge in [-0.25, -0.2) is 4.79 Å². The Bertz CT molecular complexity index is 1490. The maximum absolute atomic E-state index is 14.1. The van der Waals surface area contributed by atoms with Crippen LogP contribution in [0.3, 0.4) is 0 Å². The van der Waals surface area contributed by atoms with E-state index in [-0.39, 0.29) is 31.3 Å². The van der Waals surface area contributed by atoms with Gasteiger partial charge >= 0.3 is 6.09 Å². The van der Waals surface area contributed by atoms with E-state index < -0.39 is 41.4 Å². The summed E-state index contributed by atoms with van der Waals surface area (Å²) in [5.74, 6) is -2.25. The number of primary amides is 1. The molecule has 6 N–H and O–H groups in total. The number of ether oxygens (including phenoxy) is 1. The number of hydrogen-bond donors (Lipinski definition) is 5. The van der Waals surface area contributed by atoms with E-state index in [9.17, 15) is 19.2 Å². The van der Waals surface area contributed by atoms with Crippen LogP contribution in [0, 0.1) is 11.8 Å². The highest BCUT2D eigenvalue weighted by Crippen LogP contribution is 2.37. The van der Waals surface area contributed by atoms with Gasteiger partial charge in [-0.05, 0) is 41.9 Å². The normalized spacial score (nSPS) is 18.3. The zero-order valence-corrected chi connectivity index (χ0v) is 25.7. The van der Waals surface area contributed by atoms with Gasteiger partial charge in [-0.1, -0.05) is 88.2 Å². The van der Waals surface area contributed by atoms with Crippen LogP contribution in [0.5, 0.6) is 0 Å². The largest absolute Gasteiger partial charge is 0.445 e. The molecule has 0 saturated heterocycles. The summed E-state index contributed by atoms with van der Waals surface area (Å²) in [4.78, 5) is 56.4. The number of para-hydroxylation sites is 1. The molecule has 4 amide bonds. The fourth-order valence-corrected chi connectivity index (χ4v) is 5.77. The summed E-state index contributed by atoms with van der Waals surface area (Å²) in [6, 6.07) is 12.8. The Kier molecular flexibility index (Phi) is 10.0. The summed E-state index contributed by atoms with van der Waals surface area (Å²) in [6.45, 7) is 7.37. The van der Waals surface area contributed by atoms with Gasteiger partial charge < -0.3 is 31.4 Å². The first-order chi connectivity index (χ1) is 20.5. The average molecular weight is 610 g/mol. The molecule has 1 aliphatic rings. The number of carbonyl (C=O) groups excluding carboxylic acids is 4. The van der Waals surface area contributed by atoms with Crippen molar-refractivity contribution in [1.82, 2.24) is 20.9 Å².